The third kappa shape index (κ3) is 2.58. The van der Waals surface area contributed by atoms with Crippen LogP contribution in [0.5, 0.6) is 0 Å². The molecule has 2 fully saturated rings. The van der Waals surface area contributed by atoms with Gasteiger partial charge in [0.2, 0.25) is 0 Å². The molecular formula is C10H18N2OS. The first-order chi connectivity index (χ1) is 6.65. The molecule has 1 saturated heterocycles. The molecule has 0 aromatic heterocycles. The standard InChI is InChI=1S/C10H18N2OS/c1-7-5-12(6-8(2)13-7)10(14)11-9-3-4-9/h7-9H,3-6H2,1-2H3,(H,11,14)/t7-,8+. The molecule has 3 nitrogen and oxygen atoms in total. The molecule has 0 bridgehead atoms. The average molecular weight is 214 g/mol. The van der Waals surface area contributed by atoms with E-state index in [1.165, 1.54) is 12.8 Å². The highest BCUT2D eigenvalue weighted by atomic mass is 32.1. The van der Waals surface area contributed by atoms with E-state index in [1.54, 1.807) is 0 Å². The molecule has 2 rings (SSSR count). The van der Waals surface area contributed by atoms with E-state index in [9.17, 15) is 0 Å². The summed E-state index contributed by atoms with van der Waals surface area (Å²) < 4.78 is 5.66. The van der Waals surface area contributed by atoms with Gasteiger partial charge in [-0.2, -0.15) is 0 Å². The van der Waals surface area contributed by atoms with E-state index in [0.717, 1.165) is 18.2 Å². The van der Waals surface area contributed by atoms with E-state index in [2.05, 4.69) is 24.1 Å². The molecule has 1 aliphatic heterocycles. The minimum atomic E-state index is 0.290. The fourth-order valence-corrected chi connectivity index (χ4v) is 2.15. The minimum Gasteiger partial charge on any atom is -0.372 e. The Balaban J connectivity index is 1.85. The third-order valence-electron chi connectivity index (χ3n) is 2.61. The molecule has 1 saturated carbocycles. The van der Waals surface area contributed by atoms with Gasteiger partial charge in [0.15, 0.2) is 5.11 Å². The number of hydrogen-bond acceptors (Lipinski definition) is 2. The maximum Gasteiger partial charge on any atom is 0.169 e. The van der Waals surface area contributed by atoms with Gasteiger partial charge in [-0.15, -0.1) is 0 Å². The predicted molar refractivity (Wildman–Crippen MR) is 60.3 cm³/mol. The smallest absolute Gasteiger partial charge is 0.169 e. The highest BCUT2D eigenvalue weighted by Gasteiger charge is 2.27. The zero-order valence-electron chi connectivity index (χ0n) is 8.82. The van der Waals surface area contributed by atoms with Gasteiger partial charge < -0.3 is 15.0 Å². The van der Waals surface area contributed by atoms with Crippen molar-refractivity contribution in [1.29, 1.82) is 0 Å². The number of hydrogen-bond donors (Lipinski definition) is 1. The Bertz CT molecular complexity index is 220. The quantitative estimate of drug-likeness (QED) is 0.661. The summed E-state index contributed by atoms with van der Waals surface area (Å²) in [6.07, 6.45) is 3.13. The SMILES string of the molecule is C[C@@H]1CN(C(=S)NC2CC2)C[C@H](C)O1. The number of thiocarbonyl (C=S) groups is 1. The van der Waals surface area contributed by atoms with Crippen molar-refractivity contribution < 1.29 is 4.74 Å². The lowest BCUT2D eigenvalue weighted by atomic mass is 10.2. The lowest BCUT2D eigenvalue weighted by molar-refractivity contribution is -0.0482. The zero-order chi connectivity index (χ0) is 10.1. The van der Waals surface area contributed by atoms with Gasteiger partial charge in [-0.05, 0) is 38.9 Å². The molecule has 0 amide bonds. The number of rotatable bonds is 1. The highest BCUT2D eigenvalue weighted by molar-refractivity contribution is 7.80. The lowest BCUT2D eigenvalue weighted by Crippen LogP contribution is -2.51. The van der Waals surface area contributed by atoms with E-state index in [4.69, 9.17) is 17.0 Å². The van der Waals surface area contributed by atoms with Crippen LogP contribution < -0.4 is 5.32 Å². The van der Waals surface area contributed by atoms with Crippen LogP contribution in [0, 0.1) is 0 Å². The second kappa shape index (κ2) is 4.03. The highest BCUT2D eigenvalue weighted by Crippen LogP contribution is 2.20. The van der Waals surface area contributed by atoms with Crippen molar-refractivity contribution >= 4 is 17.3 Å². The molecule has 0 aromatic rings. The summed E-state index contributed by atoms with van der Waals surface area (Å²) in [5.41, 5.74) is 0. The van der Waals surface area contributed by atoms with Crippen LogP contribution >= 0.6 is 12.2 Å². The van der Waals surface area contributed by atoms with Gasteiger partial charge in [-0.1, -0.05) is 0 Å². The lowest BCUT2D eigenvalue weighted by Gasteiger charge is -2.37. The Labute approximate surface area is 90.8 Å². The first-order valence-electron chi connectivity index (χ1n) is 5.36. The van der Waals surface area contributed by atoms with Crippen molar-refractivity contribution in [3.8, 4) is 0 Å². The van der Waals surface area contributed by atoms with Crippen LogP contribution in [0.2, 0.25) is 0 Å². The van der Waals surface area contributed by atoms with E-state index >= 15 is 0 Å². The Kier molecular flexibility index (Phi) is 2.93. The van der Waals surface area contributed by atoms with Gasteiger partial charge in [0.05, 0.1) is 12.2 Å². The maximum absolute atomic E-state index is 5.66. The molecule has 14 heavy (non-hydrogen) atoms. The molecule has 0 radical (unpaired) electrons. The number of nitrogens with zero attached hydrogens (tertiary/aromatic N) is 1. The van der Waals surface area contributed by atoms with Crippen molar-refractivity contribution in [2.75, 3.05) is 13.1 Å². The van der Waals surface area contributed by atoms with Crippen molar-refractivity contribution in [3.63, 3.8) is 0 Å². The van der Waals surface area contributed by atoms with E-state index in [1.807, 2.05) is 0 Å². The van der Waals surface area contributed by atoms with E-state index in [0.29, 0.717) is 6.04 Å². The van der Waals surface area contributed by atoms with Gasteiger partial charge in [0, 0.05) is 19.1 Å². The van der Waals surface area contributed by atoms with E-state index < -0.39 is 0 Å². The van der Waals surface area contributed by atoms with Gasteiger partial charge in [0.25, 0.3) is 0 Å². The molecule has 0 spiro atoms. The van der Waals surface area contributed by atoms with Crippen LogP contribution in [-0.4, -0.2) is 41.4 Å². The molecule has 4 heteroatoms. The summed E-state index contributed by atoms with van der Waals surface area (Å²) in [6.45, 7) is 6.04. The molecule has 2 atom stereocenters. The molecule has 1 aliphatic carbocycles. The fraction of sp³-hybridized carbons (Fsp3) is 0.900. The van der Waals surface area contributed by atoms with E-state index in [-0.39, 0.29) is 12.2 Å². The van der Waals surface area contributed by atoms with Crippen LogP contribution in [0.15, 0.2) is 0 Å². The van der Waals surface area contributed by atoms with Crippen LogP contribution in [0.3, 0.4) is 0 Å². The van der Waals surface area contributed by atoms with Crippen LogP contribution in [0.4, 0.5) is 0 Å². The summed E-state index contributed by atoms with van der Waals surface area (Å²) in [4.78, 5) is 2.23. The van der Waals surface area contributed by atoms with Gasteiger partial charge in [0.1, 0.15) is 0 Å². The van der Waals surface area contributed by atoms with Crippen molar-refractivity contribution in [2.24, 2.45) is 0 Å². The summed E-state index contributed by atoms with van der Waals surface area (Å²) >= 11 is 5.36. The first-order valence-corrected chi connectivity index (χ1v) is 5.77. The summed E-state index contributed by atoms with van der Waals surface area (Å²) in [6, 6.07) is 0.649. The molecule has 0 unspecified atom stereocenters. The Morgan fingerprint density at radius 1 is 1.29 bits per heavy atom. The largest absolute Gasteiger partial charge is 0.372 e. The van der Waals surface area contributed by atoms with Crippen molar-refractivity contribution in [1.82, 2.24) is 10.2 Å². The second-order valence-corrected chi connectivity index (χ2v) is 4.77. The number of morpholine rings is 1. The van der Waals surface area contributed by atoms with Crippen LogP contribution in [0.25, 0.3) is 0 Å². The number of nitrogens with one attached hydrogen (secondary N) is 1. The van der Waals surface area contributed by atoms with Gasteiger partial charge >= 0.3 is 0 Å². The molecule has 80 valence electrons. The molecule has 0 aromatic carbocycles. The maximum atomic E-state index is 5.66. The summed E-state index contributed by atoms with van der Waals surface area (Å²) in [7, 11) is 0. The fourth-order valence-electron chi connectivity index (χ4n) is 1.84. The molecule has 1 N–H and O–H groups in total. The Hall–Kier alpha value is -0.350. The average Bonchev–Trinajstić information content (AvgIpc) is 2.86. The van der Waals surface area contributed by atoms with Crippen LogP contribution in [-0.2, 0) is 4.74 Å². The molecule has 2 aliphatic rings. The second-order valence-electron chi connectivity index (χ2n) is 4.39. The normalized spacial score (nSPS) is 32.9. The van der Waals surface area contributed by atoms with Crippen molar-refractivity contribution in [2.45, 2.75) is 44.9 Å². The van der Waals surface area contributed by atoms with Crippen LogP contribution in [0.1, 0.15) is 26.7 Å². The summed E-state index contributed by atoms with van der Waals surface area (Å²) in [5, 5.41) is 4.28. The Morgan fingerprint density at radius 2 is 1.86 bits per heavy atom. The molecular weight excluding hydrogens is 196 g/mol. The molecule has 1 heterocycles. The summed E-state index contributed by atoms with van der Waals surface area (Å²) in [5.74, 6) is 0. The first kappa shape index (κ1) is 10.2. The van der Waals surface area contributed by atoms with Gasteiger partial charge in [-0.3, -0.25) is 0 Å². The van der Waals surface area contributed by atoms with Crippen molar-refractivity contribution in [3.05, 3.63) is 0 Å². The monoisotopic (exact) mass is 214 g/mol. The Morgan fingerprint density at radius 3 is 2.36 bits per heavy atom. The predicted octanol–water partition coefficient (Wildman–Crippen LogP) is 1.13. The topological polar surface area (TPSA) is 24.5 Å². The zero-order valence-corrected chi connectivity index (χ0v) is 9.64. The number of ether oxygens (including phenoxy) is 1. The third-order valence-corrected chi connectivity index (χ3v) is 2.99. The van der Waals surface area contributed by atoms with Gasteiger partial charge in [-0.25, -0.2) is 0 Å². The minimum absolute atomic E-state index is 0.290.